The minimum atomic E-state index is 0.533. The monoisotopic (exact) mass is 371 g/mol. The molecule has 0 bridgehead atoms. The van der Waals surface area contributed by atoms with Crippen LogP contribution in [0.4, 0.5) is 0 Å². The Morgan fingerprint density at radius 3 is 2.65 bits per heavy atom. The first kappa shape index (κ1) is 12.9. The quantitative estimate of drug-likeness (QED) is 0.542. The predicted octanol–water partition coefficient (Wildman–Crippen LogP) is 4.23. The summed E-state index contributed by atoms with van der Waals surface area (Å²) in [6, 6.07) is 17.9. The van der Waals surface area contributed by atoms with Crippen LogP contribution in [0, 0.1) is 14.9 Å². The zero-order valence-electron chi connectivity index (χ0n) is 10.5. The number of nitrogens with one attached hydrogen (secondary N) is 1. The van der Waals surface area contributed by atoms with Crippen molar-refractivity contribution >= 4 is 45.3 Å². The van der Waals surface area contributed by atoms with Gasteiger partial charge in [0, 0.05) is 3.57 Å². The minimum Gasteiger partial charge on any atom is -0.337 e. The highest BCUT2D eigenvalue weighted by molar-refractivity contribution is 14.1. The molecule has 0 aliphatic carbocycles. The molecule has 1 heterocycles. The lowest BCUT2D eigenvalue weighted by molar-refractivity contribution is 1.27. The average Bonchev–Trinajstić information content (AvgIpc) is 2.90. The number of halogens is 1. The number of aromatic nitrogens is 2. The number of hydrogen-bond acceptors (Lipinski definition) is 2. The molecule has 2 aromatic carbocycles. The fourth-order valence-electron chi connectivity index (χ4n) is 1.98. The van der Waals surface area contributed by atoms with Crippen LogP contribution >= 0.6 is 22.6 Å². The molecule has 4 heteroatoms. The van der Waals surface area contributed by atoms with Crippen molar-refractivity contribution in [3.8, 4) is 6.07 Å². The number of benzene rings is 2. The van der Waals surface area contributed by atoms with E-state index in [1.54, 1.807) is 0 Å². The van der Waals surface area contributed by atoms with Crippen LogP contribution in [-0.2, 0) is 0 Å². The smallest absolute Gasteiger partial charge is 0.149 e. The summed E-state index contributed by atoms with van der Waals surface area (Å²) in [4.78, 5) is 7.64. The van der Waals surface area contributed by atoms with E-state index in [9.17, 15) is 5.26 Å². The van der Waals surface area contributed by atoms with Gasteiger partial charge >= 0.3 is 0 Å². The lowest BCUT2D eigenvalue weighted by Gasteiger charge is -1.98. The summed E-state index contributed by atoms with van der Waals surface area (Å²) in [6.45, 7) is 0. The van der Waals surface area contributed by atoms with Gasteiger partial charge < -0.3 is 4.98 Å². The molecule has 3 aromatic rings. The van der Waals surface area contributed by atoms with Gasteiger partial charge in [0.2, 0.25) is 0 Å². The summed E-state index contributed by atoms with van der Waals surface area (Å²) in [6.07, 6.45) is 1.86. The van der Waals surface area contributed by atoms with Crippen molar-refractivity contribution in [2.45, 2.75) is 0 Å². The van der Waals surface area contributed by atoms with E-state index in [1.165, 1.54) is 0 Å². The second-order valence-electron chi connectivity index (χ2n) is 4.29. The third-order valence-corrected chi connectivity index (χ3v) is 3.95. The third kappa shape index (κ3) is 2.45. The molecule has 1 N–H and O–H groups in total. The van der Waals surface area contributed by atoms with Gasteiger partial charge in [-0.25, -0.2) is 4.98 Å². The molecule has 3 rings (SSSR count). The van der Waals surface area contributed by atoms with Crippen LogP contribution < -0.4 is 0 Å². The fourth-order valence-corrected chi connectivity index (χ4v) is 2.52. The Labute approximate surface area is 130 Å². The first-order valence-electron chi connectivity index (χ1n) is 6.09. The molecule has 0 saturated heterocycles. The fraction of sp³-hybridized carbons (Fsp3) is 0. The number of rotatable bonds is 2. The highest BCUT2D eigenvalue weighted by Crippen LogP contribution is 2.21. The highest BCUT2D eigenvalue weighted by atomic mass is 127. The van der Waals surface area contributed by atoms with Crippen LogP contribution in [-0.4, -0.2) is 9.97 Å². The van der Waals surface area contributed by atoms with Gasteiger partial charge in [-0.15, -0.1) is 0 Å². The van der Waals surface area contributed by atoms with Crippen molar-refractivity contribution in [3.05, 3.63) is 63.5 Å². The van der Waals surface area contributed by atoms with Gasteiger partial charge in [0.25, 0.3) is 0 Å². The number of allylic oxidation sites excluding steroid dienone is 1. The van der Waals surface area contributed by atoms with Crippen LogP contribution in [0.15, 0.2) is 48.5 Å². The zero-order valence-corrected chi connectivity index (χ0v) is 12.6. The van der Waals surface area contributed by atoms with E-state index in [4.69, 9.17) is 0 Å². The Balaban J connectivity index is 2.10. The molecule has 0 spiro atoms. The Kier molecular flexibility index (Phi) is 3.52. The largest absolute Gasteiger partial charge is 0.337 e. The lowest BCUT2D eigenvalue weighted by Crippen LogP contribution is -1.86. The Morgan fingerprint density at radius 1 is 1.15 bits per heavy atom. The molecule has 0 saturated carbocycles. The second kappa shape index (κ2) is 5.47. The van der Waals surface area contributed by atoms with Crippen molar-refractivity contribution in [2.75, 3.05) is 0 Å². The molecule has 1 aromatic heterocycles. The van der Waals surface area contributed by atoms with Gasteiger partial charge in [-0.1, -0.05) is 30.3 Å². The number of hydrogen-bond donors (Lipinski definition) is 1. The number of fused-ring (bicyclic) bond motifs is 1. The predicted molar refractivity (Wildman–Crippen MR) is 88.7 cm³/mol. The molecule has 0 atom stereocenters. The van der Waals surface area contributed by atoms with Crippen LogP contribution in [0.1, 0.15) is 11.4 Å². The van der Waals surface area contributed by atoms with E-state index in [-0.39, 0.29) is 0 Å². The molecule has 0 unspecified atom stereocenters. The van der Waals surface area contributed by atoms with E-state index in [0.29, 0.717) is 11.4 Å². The maximum absolute atomic E-state index is 9.38. The number of nitrogens with zero attached hydrogens (tertiary/aromatic N) is 2. The SMILES string of the molecule is N#CC(=Cc1ccccc1I)c1nc2ccccc2[nH]1. The Morgan fingerprint density at radius 2 is 1.90 bits per heavy atom. The molecule has 0 amide bonds. The summed E-state index contributed by atoms with van der Waals surface area (Å²) in [5.41, 5.74) is 3.35. The molecule has 3 nitrogen and oxygen atoms in total. The summed E-state index contributed by atoms with van der Waals surface area (Å²) in [5, 5.41) is 9.38. The van der Waals surface area contributed by atoms with Crippen molar-refractivity contribution in [2.24, 2.45) is 0 Å². The van der Waals surface area contributed by atoms with Gasteiger partial charge in [0.1, 0.15) is 11.9 Å². The van der Waals surface area contributed by atoms with Crippen molar-refractivity contribution in [1.82, 2.24) is 9.97 Å². The van der Waals surface area contributed by atoms with E-state index >= 15 is 0 Å². The van der Waals surface area contributed by atoms with Crippen LogP contribution in [0.5, 0.6) is 0 Å². The van der Waals surface area contributed by atoms with Gasteiger partial charge in [-0.3, -0.25) is 0 Å². The summed E-state index contributed by atoms with van der Waals surface area (Å²) < 4.78 is 1.11. The molecule has 0 aliphatic rings. The maximum atomic E-state index is 9.38. The topological polar surface area (TPSA) is 52.5 Å². The number of imidazole rings is 1. The zero-order chi connectivity index (χ0) is 13.9. The van der Waals surface area contributed by atoms with Crippen LogP contribution in [0.25, 0.3) is 22.7 Å². The number of nitriles is 1. The Hall–Kier alpha value is -2.13. The van der Waals surface area contributed by atoms with E-state index < -0.39 is 0 Å². The van der Waals surface area contributed by atoms with Gasteiger partial charge in [0.05, 0.1) is 16.6 Å². The molecule has 20 heavy (non-hydrogen) atoms. The van der Waals surface area contributed by atoms with Crippen molar-refractivity contribution in [3.63, 3.8) is 0 Å². The Bertz CT molecular complexity index is 807. The van der Waals surface area contributed by atoms with Gasteiger partial charge in [-0.05, 0) is 52.4 Å². The van der Waals surface area contributed by atoms with Crippen molar-refractivity contribution in [1.29, 1.82) is 5.26 Å². The number of aromatic amines is 1. The van der Waals surface area contributed by atoms with E-state index in [0.717, 1.165) is 20.2 Å². The first-order valence-corrected chi connectivity index (χ1v) is 7.17. The maximum Gasteiger partial charge on any atom is 0.149 e. The molecule has 0 radical (unpaired) electrons. The van der Waals surface area contributed by atoms with Crippen LogP contribution in [0.3, 0.4) is 0 Å². The highest BCUT2D eigenvalue weighted by Gasteiger charge is 2.08. The van der Waals surface area contributed by atoms with E-state index in [1.807, 2.05) is 54.6 Å². The second-order valence-corrected chi connectivity index (χ2v) is 5.46. The molecular formula is C16H10IN3. The number of H-pyrrole nitrogens is 1. The molecule has 0 fully saturated rings. The average molecular weight is 371 g/mol. The first-order chi connectivity index (χ1) is 9.78. The molecule has 0 aliphatic heterocycles. The molecule has 96 valence electrons. The summed E-state index contributed by atoms with van der Waals surface area (Å²) >= 11 is 2.26. The lowest BCUT2D eigenvalue weighted by atomic mass is 10.1. The molecular weight excluding hydrogens is 361 g/mol. The summed E-state index contributed by atoms with van der Waals surface area (Å²) in [7, 11) is 0. The minimum absolute atomic E-state index is 0.533. The van der Waals surface area contributed by atoms with Crippen LogP contribution in [0.2, 0.25) is 0 Å². The standard InChI is InChI=1S/C16H10IN3/c17-13-6-2-1-5-11(13)9-12(10-18)16-19-14-7-3-4-8-15(14)20-16/h1-9H,(H,19,20). The van der Waals surface area contributed by atoms with Gasteiger partial charge in [-0.2, -0.15) is 5.26 Å². The van der Waals surface area contributed by atoms with Crippen molar-refractivity contribution < 1.29 is 0 Å². The van der Waals surface area contributed by atoms with E-state index in [2.05, 4.69) is 38.6 Å². The van der Waals surface area contributed by atoms with Gasteiger partial charge in [0.15, 0.2) is 0 Å². The number of para-hydroxylation sites is 2. The summed E-state index contributed by atoms with van der Waals surface area (Å²) in [5.74, 6) is 0.605. The normalized spacial score (nSPS) is 11.5. The third-order valence-electron chi connectivity index (χ3n) is 2.97.